The van der Waals surface area contributed by atoms with Crippen LogP contribution in [0.4, 0.5) is 0 Å². The van der Waals surface area contributed by atoms with E-state index in [0.29, 0.717) is 5.92 Å². The van der Waals surface area contributed by atoms with Crippen molar-refractivity contribution in [1.82, 2.24) is 14.6 Å². The van der Waals surface area contributed by atoms with E-state index in [-0.39, 0.29) is 6.04 Å². The summed E-state index contributed by atoms with van der Waals surface area (Å²) < 4.78 is 2.07. The van der Waals surface area contributed by atoms with Gasteiger partial charge in [-0.15, -0.1) is 21.5 Å². The number of aromatic nitrogens is 3. The number of hydrogen-bond donors (Lipinski definition) is 1. The van der Waals surface area contributed by atoms with Crippen LogP contribution in [0.3, 0.4) is 0 Å². The number of hydrogen-bond acceptors (Lipinski definition) is 4. The van der Waals surface area contributed by atoms with Crippen molar-refractivity contribution < 1.29 is 0 Å². The minimum Gasteiger partial charge on any atom is -0.322 e. The van der Waals surface area contributed by atoms with E-state index >= 15 is 0 Å². The van der Waals surface area contributed by atoms with Gasteiger partial charge in [-0.3, -0.25) is 4.40 Å². The largest absolute Gasteiger partial charge is 0.322 e. The SMILES string of the molecule is CC(C)c1csc2nnc(C(C)N)n12. The summed E-state index contributed by atoms with van der Waals surface area (Å²) in [7, 11) is 0. The van der Waals surface area contributed by atoms with Crippen LogP contribution in [0.2, 0.25) is 0 Å². The Morgan fingerprint density at radius 1 is 1.36 bits per heavy atom. The summed E-state index contributed by atoms with van der Waals surface area (Å²) in [5, 5.41) is 10.3. The molecule has 0 radical (unpaired) electrons. The number of nitrogens with zero attached hydrogens (tertiary/aromatic N) is 3. The fourth-order valence-electron chi connectivity index (χ4n) is 1.46. The molecule has 0 fully saturated rings. The monoisotopic (exact) mass is 210 g/mol. The molecule has 2 aromatic heterocycles. The van der Waals surface area contributed by atoms with Crippen LogP contribution in [0.1, 0.15) is 44.2 Å². The van der Waals surface area contributed by atoms with Gasteiger partial charge in [0.1, 0.15) is 0 Å². The smallest absolute Gasteiger partial charge is 0.216 e. The van der Waals surface area contributed by atoms with Crippen molar-refractivity contribution in [3.63, 3.8) is 0 Å². The van der Waals surface area contributed by atoms with Crippen LogP contribution in [0, 0.1) is 0 Å². The van der Waals surface area contributed by atoms with Crippen molar-refractivity contribution in [2.75, 3.05) is 0 Å². The highest BCUT2D eigenvalue weighted by atomic mass is 32.1. The Bertz CT molecular complexity index is 403. The van der Waals surface area contributed by atoms with Crippen LogP contribution in [-0.4, -0.2) is 14.6 Å². The van der Waals surface area contributed by atoms with Gasteiger partial charge in [0.2, 0.25) is 4.96 Å². The first kappa shape index (κ1) is 9.61. The lowest BCUT2D eigenvalue weighted by Crippen LogP contribution is -2.11. The van der Waals surface area contributed by atoms with Gasteiger partial charge in [0, 0.05) is 11.1 Å². The molecule has 0 bridgehead atoms. The predicted octanol–water partition coefficient (Wildman–Crippen LogP) is 1.93. The van der Waals surface area contributed by atoms with E-state index in [1.807, 2.05) is 6.92 Å². The summed E-state index contributed by atoms with van der Waals surface area (Å²) in [6, 6.07) is -0.0721. The molecule has 5 heteroatoms. The van der Waals surface area contributed by atoms with Gasteiger partial charge in [0.25, 0.3) is 0 Å². The molecule has 0 aliphatic carbocycles. The molecule has 0 amide bonds. The Morgan fingerprint density at radius 3 is 2.64 bits per heavy atom. The molecule has 4 nitrogen and oxygen atoms in total. The normalized spacial score (nSPS) is 14.1. The highest BCUT2D eigenvalue weighted by Crippen LogP contribution is 2.24. The molecule has 0 spiro atoms. The van der Waals surface area contributed by atoms with Crippen LogP contribution < -0.4 is 5.73 Å². The van der Waals surface area contributed by atoms with Crippen LogP contribution in [-0.2, 0) is 0 Å². The molecule has 2 heterocycles. The summed E-state index contributed by atoms with van der Waals surface area (Å²) in [5.74, 6) is 1.32. The van der Waals surface area contributed by atoms with Gasteiger partial charge in [-0.25, -0.2) is 0 Å². The number of rotatable bonds is 2. The number of thiazole rings is 1. The lowest BCUT2D eigenvalue weighted by molar-refractivity contribution is 0.700. The Balaban J connectivity index is 2.67. The van der Waals surface area contributed by atoms with Gasteiger partial charge < -0.3 is 5.73 Å². The molecule has 0 saturated heterocycles. The molecule has 2 aromatic rings. The zero-order valence-corrected chi connectivity index (χ0v) is 9.38. The Morgan fingerprint density at radius 2 is 2.07 bits per heavy atom. The summed E-state index contributed by atoms with van der Waals surface area (Å²) in [6.45, 7) is 6.25. The molecular weight excluding hydrogens is 196 g/mol. The molecule has 76 valence electrons. The topological polar surface area (TPSA) is 56.2 Å². The van der Waals surface area contributed by atoms with Gasteiger partial charge in [-0.2, -0.15) is 0 Å². The average Bonchev–Trinajstić information content (AvgIpc) is 2.59. The first-order chi connectivity index (χ1) is 6.61. The molecule has 1 unspecified atom stereocenters. The Labute approximate surface area is 86.8 Å². The molecule has 0 saturated carbocycles. The fraction of sp³-hybridized carbons (Fsp3) is 0.556. The highest BCUT2D eigenvalue weighted by molar-refractivity contribution is 7.15. The van der Waals surface area contributed by atoms with Crippen molar-refractivity contribution in [3.05, 3.63) is 16.9 Å². The van der Waals surface area contributed by atoms with Crippen LogP contribution in [0.15, 0.2) is 5.38 Å². The number of nitrogens with two attached hydrogens (primary N) is 1. The predicted molar refractivity (Wildman–Crippen MR) is 57.6 cm³/mol. The van der Waals surface area contributed by atoms with Gasteiger partial charge in [-0.1, -0.05) is 13.8 Å². The third-order valence-electron chi connectivity index (χ3n) is 2.20. The third-order valence-corrected chi connectivity index (χ3v) is 3.03. The van der Waals surface area contributed by atoms with Gasteiger partial charge in [0.05, 0.1) is 6.04 Å². The zero-order valence-electron chi connectivity index (χ0n) is 8.56. The van der Waals surface area contributed by atoms with E-state index in [4.69, 9.17) is 5.73 Å². The van der Waals surface area contributed by atoms with E-state index < -0.39 is 0 Å². The van der Waals surface area contributed by atoms with E-state index in [1.54, 1.807) is 11.3 Å². The molecule has 0 aliphatic heterocycles. The summed E-state index contributed by atoms with van der Waals surface area (Å²) in [6.07, 6.45) is 0. The van der Waals surface area contributed by atoms with Gasteiger partial charge >= 0.3 is 0 Å². The molecule has 2 rings (SSSR count). The molecule has 2 N–H and O–H groups in total. The van der Waals surface area contributed by atoms with Gasteiger partial charge in [0.15, 0.2) is 5.82 Å². The summed E-state index contributed by atoms with van der Waals surface area (Å²) in [4.78, 5) is 0.931. The minimum absolute atomic E-state index is 0.0721. The number of fused-ring (bicyclic) bond motifs is 1. The summed E-state index contributed by atoms with van der Waals surface area (Å²) >= 11 is 1.61. The maximum atomic E-state index is 5.83. The standard InChI is InChI=1S/C9H14N4S/c1-5(2)7-4-14-9-12-11-8(6(3)10)13(7)9/h4-6H,10H2,1-3H3. The second-order valence-corrected chi connectivity index (χ2v) is 4.62. The van der Waals surface area contributed by atoms with Crippen molar-refractivity contribution in [2.45, 2.75) is 32.7 Å². The fourth-order valence-corrected chi connectivity index (χ4v) is 2.45. The van der Waals surface area contributed by atoms with Crippen LogP contribution in [0.5, 0.6) is 0 Å². The summed E-state index contributed by atoms with van der Waals surface area (Å²) in [5.41, 5.74) is 7.07. The van der Waals surface area contributed by atoms with E-state index in [1.165, 1.54) is 5.69 Å². The van der Waals surface area contributed by atoms with E-state index in [0.717, 1.165) is 10.8 Å². The van der Waals surface area contributed by atoms with E-state index in [2.05, 4.69) is 33.8 Å². The molecule has 14 heavy (non-hydrogen) atoms. The Hall–Kier alpha value is -0.940. The quantitative estimate of drug-likeness (QED) is 0.824. The van der Waals surface area contributed by atoms with Gasteiger partial charge in [-0.05, 0) is 12.8 Å². The van der Waals surface area contributed by atoms with E-state index in [9.17, 15) is 0 Å². The lowest BCUT2D eigenvalue weighted by atomic mass is 10.1. The zero-order chi connectivity index (χ0) is 10.3. The molecule has 0 aromatic carbocycles. The average molecular weight is 210 g/mol. The first-order valence-electron chi connectivity index (χ1n) is 4.69. The van der Waals surface area contributed by atoms with Crippen molar-refractivity contribution in [3.8, 4) is 0 Å². The van der Waals surface area contributed by atoms with Crippen LogP contribution in [0.25, 0.3) is 4.96 Å². The first-order valence-corrected chi connectivity index (χ1v) is 5.57. The van der Waals surface area contributed by atoms with Crippen LogP contribution >= 0.6 is 11.3 Å². The second kappa shape index (κ2) is 3.33. The Kier molecular flexibility index (Phi) is 2.28. The highest BCUT2D eigenvalue weighted by Gasteiger charge is 2.15. The minimum atomic E-state index is -0.0721. The third kappa shape index (κ3) is 1.33. The molecule has 0 aliphatic rings. The lowest BCUT2D eigenvalue weighted by Gasteiger charge is -2.06. The van der Waals surface area contributed by atoms with Crippen molar-refractivity contribution in [1.29, 1.82) is 0 Å². The maximum absolute atomic E-state index is 5.83. The molecular formula is C9H14N4S. The van der Waals surface area contributed by atoms with Crippen molar-refractivity contribution in [2.24, 2.45) is 5.73 Å². The molecule has 1 atom stereocenters. The van der Waals surface area contributed by atoms with Crippen molar-refractivity contribution >= 4 is 16.3 Å². The second-order valence-electron chi connectivity index (χ2n) is 3.78. The maximum Gasteiger partial charge on any atom is 0.216 e.